The fraction of sp³-hybridized carbons (Fsp3) is 0.100. The van der Waals surface area contributed by atoms with E-state index in [1.165, 1.54) is 60.7 Å². The quantitative estimate of drug-likeness (QED) is 0.309. The topological polar surface area (TPSA) is 52.0 Å². The van der Waals surface area contributed by atoms with Gasteiger partial charge in [0.05, 0.1) is 0 Å². The molecule has 6 heteroatoms. The SMILES string of the molecule is Nc1ccc(C(c2ccc(N)cc2)(c2ccc(I)cc2)C(F)(F)F)cc1. The average Bonchev–Trinajstić information content (AvgIpc) is 2.59. The summed E-state index contributed by atoms with van der Waals surface area (Å²) in [6.07, 6.45) is -4.58. The van der Waals surface area contributed by atoms with Crippen LogP contribution in [0.3, 0.4) is 0 Å². The van der Waals surface area contributed by atoms with Crippen LogP contribution >= 0.6 is 22.6 Å². The lowest BCUT2D eigenvalue weighted by atomic mass is 9.68. The van der Waals surface area contributed by atoms with Crippen molar-refractivity contribution < 1.29 is 13.2 Å². The molecule has 0 aliphatic carbocycles. The first-order valence-electron chi connectivity index (χ1n) is 7.80. The second-order valence-electron chi connectivity index (χ2n) is 6.00. The van der Waals surface area contributed by atoms with Gasteiger partial charge in [0, 0.05) is 14.9 Å². The summed E-state index contributed by atoms with van der Waals surface area (Å²) in [5.74, 6) is 0. The van der Waals surface area contributed by atoms with Gasteiger partial charge in [-0.25, -0.2) is 0 Å². The second kappa shape index (κ2) is 6.83. The Labute approximate surface area is 163 Å². The number of hydrogen-bond donors (Lipinski definition) is 2. The van der Waals surface area contributed by atoms with Crippen LogP contribution in [0.1, 0.15) is 16.7 Å². The number of alkyl halides is 3. The Kier molecular flexibility index (Phi) is 4.88. The first-order chi connectivity index (χ1) is 12.2. The Balaban J connectivity index is 2.40. The summed E-state index contributed by atoms with van der Waals surface area (Å²) in [5.41, 5.74) is 10.2. The Bertz CT molecular complexity index is 775. The lowest BCUT2D eigenvalue weighted by Gasteiger charge is -2.37. The monoisotopic (exact) mass is 468 g/mol. The van der Waals surface area contributed by atoms with Crippen molar-refractivity contribution in [1.82, 2.24) is 0 Å². The Hall–Kier alpha value is -2.22. The van der Waals surface area contributed by atoms with Crippen LogP contribution in [0.25, 0.3) is 0 Å². The summed E-state index contributed by atoms with van der Waals surface area (Å²) in [7, 11) is 0. The molecule has 0 aliphatic heterocycles. The highest BCUT2D eigenvalue weighted by Crippen LogP contribution is 2.51. The van der Waals surface area contributed by atoms with Gasteiger partial charge in [0.25, 0.3) is 0 Å². The van der Waals surface area contributed by atoms with Crippen LogP contribution in [0.15, 0.2) is 72.8 Å². The third kappa shape index (κ3) is 3.13. The lowest BCUT2D eigenvalue weighted by Crippen LogP contribution is -2.44. The number of nitrogen functional groups attached to an aromatic ring is 2. The van der Waals surface area contributed by atoms with E-state index in [1.807, 2.05) is 0 Å². The first-order valence-corrected chi connectivity index (χ1v) is 8.88. The van der Waals surface area contributed by atoms with Gasteiger partial charge in [-0.05, 0) is 75.7 Å². The van der Waals surface area contributed by atoms with Gasteiger partial charge < -0.3 is 11.5 Å². The van der Waals surface area contributed by atoms with Crippen molar-refractivity contribution in [3.8, 4) is 0 Å². The molecule has 0 bridgehead atoms. The molecule has 0 unspecified atom stereocenters. The minimum absolute atomic E-state index is 0.102. The van der Waals surface area contributed by atoms with Crippen LogP contribution in [0, 0.1) is 3.57 Å². The van der Waals surface area contributed by atoms with Gasteiger partial charge in [-0.15, -0.1) is 0 Å². The van der Waals surface area contributed by atoms with E-state index < -0.39 is 11.6 Å². The molecule has 0 fully saturated rings. The number of anilines is 2. The molecule has 4 N–H and O–H groups in total. The highest BCUT2D eigenvalue weighted by Gasteiger charge is 2.58. The van der Waals surface area contributed by atoms with Gasteiger partial charge in [0.15, 0.2) is 0 Å². The minimum Gasteiger partial charge on any atom is -0.399 e. The number of benzene rings is 3. The summed E-state index contributed by atoms with van der Waals surface area (Å²) in [6, 6.07) is 18.0. The highest BCUT2D eigenvalue weighted by molar-refractivity contribution is 14.1. The van der Waals surface area contributed by atoms with Crippen molar-refractivity contribution in [2.45, 2.75) is 11.6 Å². The van der Waals surface area contributed by atoms with E-state index >= 15 is 0 Å². The fourth-order valence-corrected chi connectivity index (χ4v) is 3.52. The zero-order valence-electron chi connectivity index (χ0n) is 13.6. The van der Waals surface area contributed by atoms with Crippen LogP contribution in [0.4, 0.5) is 24.5 Å². The number of hydrogen-bond acceptors (Lipinski definition) is 2. The largest absolute Gasteiger partial charge is 0.406 e. The maximum atomic E-state index is 14.7. The zero-order chi connectivity index (χ0) is 18.9. The zero-order valence-corrected chi connectivity index (χ0v) is 15.8. The van der Waals surface area contributed by atoms with Gasteiger partial charge in [-0.3, -0.25) is 0 Å². The number of nitrogens with two attached hydrogens (primary N) is 2. The molecular formula is C20H16F3IN2. The Morgan fingerprint density at radius 3 is 1.19 bits per heavy atom. The van der Waals surface area contributed by atoms with Crippen LogP contribution in [0.5, 0.6) is 0 Å². The standard InChI is InChI=1S/C20H16F3IN2/c21-20(22,23)19(13-1-7-16(24)8-2-13,14-3-9-17(25)10-4-14)15-5-11-18(26)12-6-15/h1-12H,25-26H2. The minimum atomic E-state index is -4.58. The summed E-state index contributed by atoms with van der Waals surface area (Å²) in [5, 5.41) is 0. The molecule has 134 valence electrons. The van der Waals surface area contributed by atoms with Crippen molar-refractivity contribution >= 4 is 34.0 Å². The Morgan fingerprint density at radius 2 is 0.885 bits per heavy atom. The smallest absolute Gasteiger partial charge is 0.399 e. The summed E-state index contributed by atoms with van der Waals surface area (Å²) >= 11 is 2.07. The summed E-state index contributed by atoms with van der Waals surface area (Å²) in [4.78, 5) is 0. The van der Waals surface area contributed by atoms with E-state index in [0.717, 1.165) is 3.57 Å². The molecule has 3 aromatic carbocycles. The molecular weight excluding hydrogens is 452 g/mol. The molecule has 3 aromatic rings. The molecule has 0 amide bonds. The van der Waals surface area contributed by atoms with E-state index in [2.05, 4.69) is 22.6 Å². The van der Waals surface area contributed by atoms with Crippen LogP contribution in [-0.2, 0) is 5.41 Å². The van der Waals surface area contributed by atoms with Gasteiger partial charge in [-0.2, -0.15) is 13.2 Å². The van der Waals surface area contributed by atoms with E-state index in [9.17, 15) is 13.2 Å². The molecule has 0 aromatic heterocycles. The molecule has 0 spiro atoms. The van der Waals surface area contributed by atoms with Crippen LogP contribution in [0.2, 0.25) is 0 Å². The molecule has 0 radical (unpaired) electrons. The first kappa shape index (κ1) is 18.6. The van der Waals surface area contributed by atoms with Crippen molar-refractivity contribution in [1.29, 1.82) is 0 Å². The fourth-order valence-electron chi connectivity index (χ4n) is 3.16. The van der Waals surface area contributed by atoms with Crippen molar-refractivity contribution in [3.05, 3.63) is 93.1 Å². The maximum Gasteiger partial charge on any atom is 0.406 e. The third-order valence-corrected chi connectivity index (χ3v) is 5.11. The van der Waals surface area contributed by atoms with Gasteiger partial charge >= 0.3 is 6.18 Å². The maximum absolute atomic E-state index is 14.7. The highest BCUT2D eigenvalue weighted by atomic mass is 127. The van der Waals surface area contributed by atoms with E-state index in [-0.39, 0.29) is 16.7 Å². The molecule has 3 rings (SSSR count). The predicted octanol–water partition coefficient (Wildman–Crippen LogP) is 5.35. The van der Waals surface area contributed by atoms with E-state index in [0.29, 0.717) is 11.4 Å². The predicted molar refractivity (Wildman–Crippen MR) is 107 cm³/mol. The molecule has 26 heavy (non-hydrogen) atoms. The summed E-state index contributed by atoms with van der Waals surface area (Å²) in [6.45, 7) is 0. The number of halogens is 4. The molecule has 0 saturated heterocycles. The molecule has 0 aliphatic rings. The number of rotatable bonds is 3. The molecule has 0 heterocycles. The lowest BCUT2D eigenvalue weighted by molar-refractivity contribution is -0.166. The third-order valence-electron chi connectivity index (χ3n) is 4.39. The van der Waals surface area contributed by atoms with Gasteiger partial charge in [-0.1, -0.05) is 36.4 Å². The molecule has 0 atom stereocenters. The van der Waals surface area contributed by atoms with Crippen molar-refractivity contribution in [2.75, 3.05) is 11.5 Å². The Morgan fingerprint density at radius 1 is 0.577 bits per heavy atom. The molecule has 2 nitrogen and oxygen atoms in total. The summed E-state index contributed by atoms with van der Waals surface area (Å²) < 4.78 is 44.9. The normalized spacial score (nSPS) is 12.2. The van der Waals surface area contributed by atoms with E-state index in [1.54, 1.807) is 12.1 Å². The van der Waals surface area contributed by atoms with Gasteiger partial charge in [0.2, 0.25) is 0 Å². The van der Waals surface area contributed by atoms with Crippen LogP contribution in [-0.4, -0.2) is 6.18 Å². The van der Waals surface area contributed by atoms with Crippen molar-refractivity contribution in [3.63, 3.8) is 0 Å². The van der Waals surface area contributed by atoms with E-state index in [4.69, 9.17) is 11.5 Å². The van der Waals surface area contributed by atoms with Crippen molar-refractivity contribution in [2.24, 2.45) is 0 Å². The van der Waals surface area contributed by atoms with Gasteiger partial charge in [0.1, 0.15) is 5.41 Å². The average molecular weight is 468 g/mol. The van der Waals surface area contributed by atoms with Crippen LogP contribution < -0.4 is 11.5 Å². The second-order valence-corrected chi connectivity index (χ2v) is 7.24. The molecule has 0 saturated carbocycles.